The van der Waals surface area contributed by atoms with Crippen molar-refractivity contribution in [3.05, 3.63) is 18.5 Å². The SMILES string of the molecule is CC.OCCNc1ncccn1. The van der Waals surface area contributed by atoms with Crippen LogP contribution in [0.2, 0.25) is 0 Å². The van der Waals surface area contributed by atoms with Crippen LogP contribution in [0.5, 0.6) is 0 Å². The van der Waals surface area contributed by atoms with Gasteiger partial charge >= 0.3 is 0 Å². The van der Waals surface area contributed by atoms with Gasteiger partial charge in [-0.25, -0.2) is 9.97 Å². The van der Waals surface area contributed by atoms with Crippen molar-refractivity contribution >= 4 is 5.95 Å². The van der Waals surface area contributed by atoms with E-state index in [1.54, 1.807) is 18.5 Å². The summed E-state index contributed by atoms with van der Waals surface area (Å²) < 4.78 is 0. The van der Waals surface area contributed by atoms with Gasteiger partial charge in [0.05, 0.1) is 6.61 Å². The Labute approximate surface area is 72.7 Å². The number of hydrogen-bond acceptors (Lipinski definition) is 4. The van der Waals surface area contributed by atoms with Crippen LogP contribution >= 0.6 is 0 Å². The monoisotopic (exact) mass is 169 g/mol. The number of aliphatic hydroxyl groups is 1. The summed E-state index contributed by atoms with van der Waals surface area (Å²) in [6, 6.07) is 1.74. The molecule has 0 aromatic carbocycles. The molecule has 68 valence electrons. The predicted octanol–water partition coefficient (Wildman–Crippen LogP) is 0.907. The van der Waals surface area contributed by atoms with Crippen LogP contribution in [0.1, 0.15) is 13.8 Å². The normalized spacial score (nSPS) is 8.25. The zero-order valence-corrected chi connectivity index (χ0v) is 7.49. The van der Waals surface area contributed by atoms with Crippen molar-refractivity contribution in [1.29, 1.82) is 0 Å². The lowest BCUT2D eigenvalue weighted by Gasteiger charge is -1.98. The lowest BCUT2D eigenvalue weighted by Crippen LogP contribution is -2.07. The Balaban J connectivity index is 0.000000561. The molecule has 1 rings (SSSR count). The lowest BCUT2D eigenvalue weighted by molar-refractivity contribution is 0.311. The Morgan fingerprint density at radius 3 is 2.42 bits per heavy atom. The van der Waals surface area contributed by atoms with Crippen LogP contribution in [0, 0.1) is 0 Å². The molecule has 0 aliphatic heterocycles. The number of aromatic nitrogens is 2. The van der Waals surface area contributed by atoms with Gasteiger partial charge < -0.3 is 10.4 Å². The van der Waals surface area contributed by atoms with Gasteiger partial charge in [-0.2, -0.15) is 0 Å². The maximum Gasteiger partial charge on any atom is 0.222 e. The summed E-state index contributed by atoms with van der Waals surface area (Å²) in [5.74, 6) is 0.552. The van der Waals surface area contributed by atoms with Gasteiger partial charge in [0.1, 0.15) is 0 Å². The quantitative estimate of drug-likeness (QED) is 0.706. The first-order valence-electron chi connectivity index (χ1n) is 4.05. The third kappa shape index (κ3) is 4.62. The van der Waals surface area contributed by atoms with E-state index in [2.05, 4.69) is 15.3 Å². The number of aliphatic hydroxyl groups excluding tert-OH is 1. The smallest absolute Gasteiger partial charge is 0.222 e. The molecular weight excluding hydrogens is 154 g/mol. The van der Waals surface area contributed by atoms with Crippen LogP contribution in [0.3, 0.4) is 0 Å². The lowest BCUT2D eigenvalue weighted by atomic mass is 10.6. The van der Waals surface area contributed by atoms with E-state index >= 15 is 0 Å². The third-order valence-corrected chi connectivity index (χ3v) is 0.961. The highest BCUT2D eigenvalue weighted by Crippen LogP contribution is 1.90. The van der Waals surface area contributed by atoms with Gasteiger partial charge in [-0.3, -0.25) is 0 Å². The fourth-order valence-electron chi connectivity index (χ4n) is 0.558. The molecule has 0 atom stereocenters. The second kappa shape index (κ2) is 7.94. The van der Waals surface area contributed by atoms with Crippen molar-refractivity contribution in [3.8, 4) is 0 Å². The van der Waals surface area contributed by atoms with E-state index in [0.29, 0.717) is 12.5 Å². The molecule has 12 heavy (non-hydrogen) atoms. The summed E-state index contributed by atoms with van der Waals surface area (Å²) >= 11 is 0. The Bertz CT molecular complexity index is 179. The molecule has 0 saturated carbocycles. The fraction of sp³-hybridized carbons (Fsp3) is 0.500. The predicted molar refractivity (Wildman–Crippen MR) is 49.0 cm³/mol. The number of hydrogen-bond donors (Lipinski definition) is 2. The standard InChI is InChI=1S/C6H9N3O.C2H6/c10-5-4-9-6-7-2-1-3-8-6;1-2/h1-3,10H,4-5H2,(H,7,8,9);1-2H3. The summed E-state index contributed by atoms with van der Waals surface area (Å²) in [5.41, 5.74) is 0. The van der Waals surface area contributed by atoms with Gasteiger partial charge in [0, 0.05) is 18.9 Å². The summed E-state index contributed by atoms with van der Waals surface area (Å²) in [6.07, 6.45) is 3.29. The van der Waals surface area contributed by atoms with Crippen molar-refractivity contribution < 1.29 is 5.11 Å². The van der Waals surface area contributed by atoms with Crippen molar-refractivity contribution in [2.75, 3.05) is 18.5 Å². The van der Waals surface area contributed by atoms with E-state index in [1.165, 1.54) is 0 Å². The Morgan fingerprint density at radius 2 is 1.92 bits per heavy atom. The maximum absolute atomic E-state index is 8.41. The minimum absolute atomic E-state index is 0.0955. The highest BCUT2D eigenvalue weighted by molar-refractivity contribution is 5.21. The first-order chi connectivity index (χ1) is 5.93. The van der Waals surface area contributed by atoms with Gasteiger partial charge in [-0.05, 0) is 6.07 Å². The molecule has 0 saturated heterocycles. The van der Waals surface area contributed by atoms with Crippen LogP contribution in [-0.4, -0.2) is 28.2 Å². The molecule has 4 heteroatoms. The summed E-state index contributed by atoms with van der Waals surface area (Å²) in [5, 5.41) is 11.2. The minimum atomic E-state index is 0.0955. The molecular formula is C8H15N3O. The van der Waals surface area contributed by atoms with Crippen molar-refractivity contribution in [1.82, 2.24) is 9.97 Å². The van der Waals surface area contributed by atoms with Gasteiger partial charge in [0.15, 0.2) is 0 Å². The Hall–Kier alpha value is -1.16. The van der Waals surface area contributed by atoms with E-state index in [0.717, 1.165) is 0 Å². The molecule has 0 bridgehead atoms. The van der Waals surface area contributed by atoms with Crippen LogP contribution in [-0.2, 0) is 0 Å². The summed E-state index contributed by atoms with van der Waals surface area (Å²) in [4.78, 5) is 7.77. The third-order valence-electron chi connectivity index (χ3n) is 0.961. The van der Waals surface area contributed by atoms with Crippen molar-refractivity contribution in [2.24, 2.45) is 0 Å². The molecule has 0 aliphatic rings. The minimum Gasteiger partial charge on any atom is -0.395 e. The average Bonchev–Trinajstić information content (AvgIpc) is 2.19. The fourth-order valence-corrected chi connectivity index (χ4v) is 0.558. The molecule has 0 amide bonds. The summed E-state index contributed by atoms with van der Waals surface area (Å²) in [6.45, 7) is 4.59. The van der Waals surface area contributed by atoms with Crippen LogP contribution in [0.4, 0.5) is 5.95 Å². The van der Waals surface area contributed by atoms with Gasteiger partial charge in [0.2, 0.25) is 5.95 Å². The van der Waals surface area contributed by atoms with Crippen molar-refractivity contribution in [3.63, 3.8) is 0 Å². The number of nitrogens with one attached hydrogen (secondary N) is 1. The van der Waals surface area contributed by atoms with E-state index in [9.17, 15) is 0 Å². The molecule has 1 aromatic heterocycles. The molecule has 0 radical (unpaired) electrons. The first kappa shape index (κ1) is 10.8. The van der Waals surface area contributed by atoms with E-state index in [4.69, 9.17) is 5.11 Å². The second-order valence-corrected chi connectivity index (χ2v) is 1.72. The number of nitrogens with zero attached hydrogens (tertiary/aromatic N) is 2. The molecule has 0 aliphatic carbocycles. The molecule has 2 N–H and O–H groups in total. The highest BCUT2D eigenvalue weighted by atomic mass is 16.3. The zero-order valence-electron chi connectivity index (χ0n) is 7.49. The molecule has 1 aromatic rings. The van der Waals surface area contributed by atoms with Crippen LogP contribution in [0.15, 0.2) is 18.5 Å². The zero-order chi connectivity index (χ0) is 9.23. The first-order valence-corrected chi connectivity index (χ1v) is 4.05. The van der Waals surface area contributed by atoms with Crippen LogP contribution < -0.4 is 5.32 Å². The topological polar surface area (TPSA) is 58.0 Å². The Morgan fingerprint density at radius 1 is 1.33 bits per heavy atom. The largest absolute Gasteiger partial charge is 0.395 e. The van der Waals surface area contributed by atoms with Crippen LogP contribution in [0.25, 0.3) is 0 Å². The van der Waals surface area contributed by atoms with E-state index in [1.807, 2.05) is 13.8 Å². The Kier molecular flexibility index (Phi) is 7.17. The maximum atomic E-state index is 8.41. The molecule has 1 heterocycles. The molecule has 4 nitrogen and oxygen atoms in total. The number of rotatable bonds is 3. The summed E-state index contributed by atoms with van der Waals surface area (Å²) in [7, 11) is 0. The molecule has 0 unspecified atom stereocenters. The van der Waals surface area contributed by atoms with E-state index in [-0.39, 0.29) is 6.61 Å². The molecule has 0 fully saturated rings. The molecule has 0 spiro atoms. The van der Waals surface area contributed by atoms with Gasteiger partial charge in [-0.15, -0.1) is 0 Å². The van der Waals surface area contributed by atoms with Crippen molar-refractivity contribution in [2.45, 2.75) is 13.8 Å². The number of anilines is 1. The van der Waals surface area contributed by atoms with Gasteiger partial charge in [-0.1, -0.05) is 13.8 Å². The van der Waals surface area contributed by atoms with Gasteiger partial charge in [0.25, 0.3) is 0 Å². The second-order valence-electron chi connectivity index (χ2n) is 1.72. The van der Waals surface area contributed by atoms with E-state index < -0.39 is 0 Å². The average molecular weight is 169 g/mol. The highest BCUT2D eigenvalue weighted by Gasteiger charge is 1.88.